The number of nitrogens with one attached hydrogen (secondary N) is 1. The topological polar surface area (TPSA) is 72.2 Å². The van der Waals surface area contributed by atoms with Crippen molar-refractivity contribution in [1.82, 2.24) is 0 Å². The lowest BCUT2D eigenvalue weighted by Gasteiger charge is -2.20. The molecule has 1 heterocycles. The largest absolute Gasteiger partial charge is 0.343 e. The van der Waals surface area contributed by atoms with Crippen LogP contribution in [0.1, 0.15) is 10.4 Å². The van der Waals surface area contributed by atoms with Gasteiger partial charge in [-0.15, -0.1) is 0 Å². The average molecular weight is 301 g/mol. The summed E-state index contributed by atoms with van der Waals surface area (Å²) in [6, 6.07) is 3.45. The van der Waals surface area contributed by atoms with E-state index in [4.69, 9.17) is 12.2 Å². The summed E-state index contributed by atoms with van der Waals surface area (Å²) in [5, 5.41) is 13.4. The van der Waals surface area contributed by atoms with Crippen molar-refractivity contribution in [1.29, 1.82) is 0 Å². The van der Waals surface area contributed by atoms with Crippen LogP contribution < -0.4 is 5.32 Å². The van der Waals surface area contributed by atoms with Gasteiger partial charge < -0.3 is 5.32 Å². The van der Waals surface area contributed by atoms with Gasteiger partial charge in [0.1, 0.15) is 0 Å². The van der Waals surface area contributed by atoms with Crippen molar-refractivity contribution >= 4 is 44.6 Å². The smallest absolute Gasteiger partial charge is 0.324 e. The minimum atomic E-state index is -1.48. The van der Waals surface area contributed by atoms with Gasteiger partial charge in [0.15, 0.2) is 4.99 Å². The van der Waals surface area contributed by atoms with Gasteiger partial charge in [-0.05, 0) is 18.2 Å². The Morgan fingerprint density at radius 2 is 2.19 bits per heavy atom. The van der Waals surface area contributed by atoms with Crippen molar-refractivity contribution in [3.63, 3.8) is 0 Å². The molecule has 7 heteroatoms. The van der Waals surface area contributed by atoms with Crippen LogP contribution in [0.2, 0.25) is 0 Å². The van der Waals surface area contributed by atoms with Gasteiger partial charge in [0.25, 0.3) is 0 Å². The number of benzene rings is 1. The summed E-state index contributed by atoms with van der Waals surface area (Å²) in [5.41, 5.74) is 0.793. The highest BCUT2D eigenvalue weighted by Crippen LogP contribution is 2.27. The molecular weight excluding hydrogens is 296 g/mol. The highest BCUT2D eigenvalue weighted by molar-refractivity contribution is 9.10. The molecule has 1 aromatic carbocycles. The number of hydrogen-bond donors (Lipinski definition) is 1. The molecule has 5 nitrogen and oxygen atoms in total. The molecule has 0 fully saturated rings. The van der Waals surface area contributed by atoms with E-state index in [9.17, 15) is 14.9 Å². The first-order valence-corrected chi connectivity index (χ1v) is 5.49. The molecule has 1 aromatic rings. The molecular formula is C9H5BrN2O3S. The number of ketones is 1. The van der Waals surface area contributed by atoms with Crippen molar-refractivity contribution in [2.24, 2.45) is 0 Å². The number of hydrogen-bond acceptors (Lipinski definition) is 4. The molecule has 0 saturated carbocycles. The standard InChI is InChI=1S/C9H5BrN2O3S/c10-4-1-2-6-5(3-4)8(13)7(12(14)15)9(16)11-6/h1-3,7H,(H,11,16). The summed E-state index contributed by atoms with van der Waals surface area (Å²) < 4.78 is 0.691. The predicted molar refractivity (Wildman–Crippen MR) is 65.5 cm³/mol. The molecule has 1 aliphatic heterocycles. The third kappa shape index (κ3) is 1.72. The third-order valence-corrected chi connectivity index (χ3v) is 3.03. The second-order valence-electron chi connectivity index (χ2n) is 3.23. The molecule has 0 amide bonds. The van der Waals surface area contributed by atoms with E-state index in [2.05, 4.69) is 21.2 Å². The number of anilines is 1. The van der Waals surface area contributed by atoms with E-state index in [-0.39, 0.29) is 10.6 Å². The first-order valence-electron chi connectivity index (χ1n) is 4.29. The Balaban J connectivity index is 2.55. The summed E-state index contributed by atoms with van der Waals surface area (Å²) in [6.07, 6.45) is 0. The molecule has 0 radical (unpaired) electrons. The zero-order chi connectivity index (χ0) is 11.9. The second kappa shape index (κ2) is 3.91. The lowest BCUT2D eigenvalue weighted by Crippen LogP contribution is -2.44. The highest BCUT2D eigenvalue weighted by Gasteiger charge is 2.40. The Labute approximate surface area is 104 Å². The molecule has 1 aliphatic rings. The Bertz CT molecular complexity index is 517. The highest BCUT2D eigenvalue weighted by atomic mass is 79.9. The van der Waals surface area contributed by atoms with Gasteiger partial charge >= 0.3 is 6.04 Å². The Morgan fingerprint density at radius 3 is 2.81 bits per heavy atom. The van der Waals surface area contributed by atoms with Gasteiger partial charge in [-0.2, -0.15) is 0 Å². The number of thiocarbonyl (C=S) groups is 1. The number of nitro groups is 1. The summed E-state index contributed by atoms with van der Waals surface area (Å²) in [4.78, 5) is 21.8. The van der Waals surface area contributed by atoms with E-state index in [0.29, 0.717) is 10.2 Å². The van der Waals surface area contributed by atoms with Gasteiger partial charge in [-0.25, -0.2) is 0 Å². The van der Waals surface area contributed by atoms with E-state index in [1.165, 1.54) is 0 Å². The summed E-state index contributed by atoms with van der Waals surface area (Å²) in [5.74, 6) is -0.579. The van der Waals surface area contributed by atoms with Gasteiger partial charge in [-0.1, -0.05) is 28.1 Å². The average Bonchev–Trinajstić information content (AvgIpc) is 2.19. The Hall–Kier alpha value is -1.34. The van der Waals surface area contributed by atoms with Crippen molar-refractivity contribution in [2.45, 2.75) is 6.04 Å². The van der Waals surface area contributed by atoms with Gasteiger partial charge in [0, 0.05) is 9.40 Å². The van der Waals surface area contributed by atoms with E-state index >= 15 is 0 Å². The quantitative estimate of drug-likeness (QED) is 0.488. The van der Waals surface area contributed by atoms with Crippen LogP contribution in [-0.4, -0.2) is 21.7 Å². The first kappa shape index (κ1) is 11.2. The number of carbonyl (C=O) groups excluding carboxylic acids is 1. The molecule has 1 atom stereocenters. The van der Waals surface area contributed by atoms with Crippen molar-refractivity contribution in [3.8, 4) is 0 Å². The maximum absolute atomic E-state index is 11.8. The maximum atomic E-state index is 11.8. The van der Waals surface area contributed by atoms with Gasteiger partial charge in [0.2, 0.25) is 5.78 Å². The van der Waals surface area contributed by atoms with Crippen LogP contribution in [0.15, 0.2) is 22.7 Å². The van der Waals surface area contributed by atoms with Crippen LogP contribution in [0.3, 0.4) is 0 Å². The van der Waals surface area contributed by atoms with Crippen LogP contribution in [-0.2, 0) is 0 Å². The van der Waals surface area contributed by atoms with E-state index in [1.807, 2.05) is 0 Å². The molecule has 0 bridgehead atoms. The van der Waals surface area contributed by atoms with Crippen LogP contribution in [0.25, 0.3) is 0 Å². The fourth-order valence-electron chi connectivity index (χ4n) is 1.49. The number of nitrogens with zero attached hydrogens (tertiary/aromatic N) is 1. The molecule has 82 valence electrons. The molecule has 0 spiro atoms. The molecule has 0 aromatic heterocycles. The minimum Gasteiger partial charge on any atom is -0.343 e. The maximum Gasteiger partial charge on any atom is 0.324 e. The number of rotatable bonds is 1. The summed E-state index contributed by atoms with van der Waals surface area (Å²) in [6.45, 7) is 0. The molecule has 1 unspecified atom stereocenters. The van der Waals surface area contributed by atoms with E-state index in [0.717, 1.165) is 0 Å². The number of halogens is 1. The fraction of sp³-hybridized carbons (Fsp3) is 0.111. The van der Waals surface area contributed by atoms with E-state index < -0.39 is 16.7 Å². The van der Waals surface area contributed by atoms with Gasteiger partial charge in [-0.3, -0.25) is 14.9 Å². The van der Waals surface area contributed by atoms with Crippen LogP contribution in [0, 0.1) is 10.1 Å². The SMILES string of the molecule is O=C1c2cc(Br)ccc2NC(=S)C1[N+](=O)[O-]. The van der Waals surface area contributed by atoms with Crippen LogP contribution >= 0.6 is 28.1 Å². The van der Waals surface area contributed by atoms with Crippen molar-refractivity contribution in [2.75, 3.05) is 5.32 Å². The molecule has 16 heavy (non-hydrogen) atoms. The Morgan fingerprint density at radius 1 is 1.50 bits per heavy atom. The number of fused-ring (bicyclic) bond motifs is 1. The normalized spacial score (nSPS) is 18.9. The molecule has 0 aliphatic carbocycles. The molecule has 2 rings (SSSR count). The van der Waals surface area contributed by atoms with E-state index in [1.54, 1.807) is 18.2 Å². The number of Topliss-reactive ketones (excluding diaryl/α,β-unsaturated/α-hetero) is 1. The van der Waals surface area contributed by atoms with Crippen LogP contribution in [0.4, 0.5) is 5.69 Å². The predicted octanol–water partition coefficient (Wildman–Crippen LogP) is 2.03. The summed E-state index contributed by atoms with van der Waals surface area (Å²) >= 11 is 8.01. The van der Waals surface area contributed by atoms with Crippen molar-refractivity contribution in [3.05, 3.63) is 38.3 Å². The van der Waals surface area contributed by atoms with Gasteiger partial charge in [0.05, 0.1) is 11.3 Å². The minimum absolute atomic E-state index is 0.0650. The summed E-state index contributed by atoms with van der Waals surface area (Å²) in [7, 11) is 0. The Kier molecular flexibility index (Phi) is 2.73. The monoisotopic (exact) mass is 300 g/mol. The van der Waals surface area contributed by atoms with Crippen LogP contribution in [0.5, 0.6) is 0 Å². The second-order valence-corrected chi connectivity index (χ2v) is 4.59. The zero-order valence-corrected chi connectivity index (χ0v) is 10.2. The third-order valence-electron chi connectivity index (χ3n) is 2.21. The number of carbonyl (C=O) groups is 1. The first-order chi connectivity index (χ1) is 7.50. The fourth-order valence-corrected chi connectivity index (χ4v) is 2.15. The lowest BCUT2D eigenvalue weighted by molar-refractivity contribution is -0.486. The zero-order valence-electron chi connectivity index (χ0n) is 7.77. The molecule has 1 N–H and O–H groups in total. The lowest BCUT2D eigenvalue weighted by atomic mass is 9.98. The van der Waals surface area contributed by atoms with Crippen molar-refractivity contribution < 1.29 is 9.72 Å². The molecule has 0 saturated heterocycles.